The summed E-state index contributed by atoms with van der Waals surface area (Å²) < 4.78 is 5.79. The lowest BCUT2D eigenvalue weighted by atomic mass is 9.88. The van der Waals surface area contributed by atoms with Gasteiger partial charge in [0, 0.05) is 6.54 Å². The minimum absolute atomic E-state index is 0.0103. The number of carbonyl (C=O) groups is 1. The molecule has 1 amide bonds. The van der Waals surface area contributed by atoms with Gasteiger partial charge >= 0.3 is 0 Å². The lowest BCUT2D eigenvalue weighted by Crippen LogP contribution is -2.41. The summed E-state index contributed by atoms with van der Waals surface area (Å²) in [5, 5.41) is 10.4. The van der Waals surface area contributed by atoms with Crippen molar-refractivity contribution in [3.63, 3.8) is 0 Å². The maximum atomic E-state index is 12.7. The molecule has 2 aliphatic rings. The van der Waals surface area contributed by atoms with Crippen LogP contribution < -0.4 is 0 Å². The summed E-state index contributed by atoms with van der Waals surface area (Å²) in [4.78, 5) is 14.5. The van der Waals surface area contributed by atoms with Crippen LogP contribution in [0.25, 0.3) is 0 Å². The van der Waals surface area contributed by atoms with Gasteiger partial charge in [-0.25, -0.2) is 0 Å². The fraction of sp³-hybridized carbons (Fsp3) is 0.611. The lowest BCUT2D eigenvalue weighted by Gasteiger charge is -2.29. The van der Waals surface area contributed by atoms with E-state index in [-0.39, 0.29) is 24.0 Å². The van der Waals surface area contributed by atoms with Crippen molar-refractivity contribution in [2.45, 2.75) is 51.4 Å². The molecule has 1 aromatic carbocycles. The average molecular weight is 303 g/mol. The minimum Gasteiger partial charge on any atom is -0.387 e. The van der Waals surface area contributed by atoms with E-state index < -0.39 is 6.10 Å². The molecule has 2 saturated heterocycles. The van der Waals surface area contributed by atoms with Gasteiger partial charge in [-0.1, -0.05) is 29.8 Å². The number of hydrogen-bond donors (Lipinski definition) is 1. The summed E-state index contributed by atoms with van der Waals surface area (Å²) in [5.74, 6) is 0.129. The summed E-state index contributed by atoms with van der Waals surface area (Å²) in [5.41, 5.74) is 2.03. The highest BCUT2D eigenvalue weighted by Gasteiger charge is 2.45. The Balaban J connectivity index is 1.63. The molecule has 1 N–H and O–H groups in total. The van der Waals surface area contributed by atoms with Crippen LogP contribution in [0.2, 0.25) is 0 Å². The van der Waals surface area contributed by atoms with E-state index in [1.165, 1.54) is 5.56 Å². The molecule has 4 nitrogen and oxygen atoms in total. The van der Waals surface area contributed by atoms with Crippen molar-refractivity contribution in [3.8, 4) is 0 Å². The van der Waals surface area contributed by atoms with E-state index in [9.17, 15) is 9.90 Å². The second-order valence-electron chi connectivity index (χ2n) is 6.52. The van der Waals surface area contributed by atoms with Crippen LogP contribution >= 0.6 is 0 Å². The standard InChI is InChI=1S/C18H25NO3/c1-3-19(11-16(20)13-6-4-12(2)5-7-13)18(21)15-10-14-8-9-17(15)22-14/h4-7,14-17,20H,3,8-11H2,1-2H3/t14-,15+,16-,17-/m1/s1. The highest BCUT2D eigenvalue weighted by Crippen LogP contribution is 2.39. The number of aryl methyl sites for hydroxylation is 1. The Morgan fingerprint density at radius 2 is 2.09 bits per heavy atom. The molecule has 0 unspecified atom stereocenters. The number of fused-ring (bicyclic) bond motifs is 2. The Hall–Kier alpha value is -1.39. The van der Waals surface area contributed by atoms with Gasteiger partial charge in [-0.2, -0.15) is 0 Å². The van der Waals surface area contributed by atoms with Crippen molar-refractivity contribution in [2.75, 3.05) is 13.1 Å². The second kappa shape index (κ2) is 6.39. The van der Waals surface area contributed by atoms with Gasteiger partial charge < -0.3 is 14.7 Å². The van der Waals surface area contributed by atoms with Crippen molar-refractivity contribution in [1.82, 2.24) is 4.90 Å². The number of nitrogens with zero attached hydrogens (tertiary/aromatic N) is 1. The monoisotopic (exact) mass is 303 g/mol. The fourth-order valence-corrected chi connectivity index (χ4v) is 3.61. The Bertz CT molecular complexity index is 528. The third-order valence-electron chi connectivity index (χ3n) is 4.97. The summed E-state index contributed by atoms with van der Waals surface area (Å²) >= 11 is 0. The zero-order valence-corrected chi connectivity index (χ0v) is 13.4. The number of likely N-dealkylation sites (N-methyl/N-ethyl adjacent to an activating group) is 1. The number of carbonyl (C=O) groups excluding carboxylic acids is 1. The van der Waals surface area contributed by atoms with Crippen molar-refractivity contribution in [1.29, 1.82) is 0 Å². The van der Waals surface area contributed by atoms with Gasteiger partial charge in [0.05, 0.1) is 30.8 Å². The van der Waals surface area contributed by atoms with Crippen LogP contribution in [0.3, 0.4) is 0 Å². The summed E-state index contributed by atoms with van der Waals surface area (Å²) in [6, 6.07) is 7.83. The Morgan fingerprint density at radius 3 is 2.64 bits per heavy atom. The number of amides is 1. The molecule has 120 valence electrons. The second-order valence-corrected chi connectivity index (χ2v) is 6.52. The van der Waals surface area contributed by atoms with E-state index >= 15 is 0 Å². The number of aliphatic hydroxyl groups excluding tert-OH is 1. The third-order valence-corrected chi connectivity index (χ3v) is 4.97. The van der Waals surface area contributed by atoms with Crippen LogP contribution in [0.4, 0.5) is 0 Å². The third kappa shape index (κ3) is 3.03. The number of benzene rings is 1. The zero-order chi connectivity index (χ0) is 15.7. The molecule has 0 aromatic heterocycles. The molecule has 1 aromatic rings. The van der Waals surface area contributed by atoms with E-state index in [1.54, 1.807) is 4.90 Å². The molecule has 4 atom stereocenters. The number of aliphatic hydroxyl groups is 1. The van der Waals surface area contributed by atoms with E-state index in [1.807, 2.05) is 38.1 Å². The largest absolute Gasteiger partial charge is 0.387 e. The first kappa shape index (κ1) is 15.5. The van der Waals surface area contributed by atoms with Crippen LogP contribution in [0, 0.1) is 12.8 Å². The molecule has 0 radical (unpaired) electrons. The molecule has 4 heteroatoms. The van der Waals surface area contributed by atoms with Gasteiger partial charge in [0.1, 0.15) is 0 Å². The number of hydrogen-bond acceptors (Lipinski definition) is 3. The van der Waals surface area contributed by atoms with E-state index in [2.05, 4.69) is 0 Å². The highest BCUT2D eigenvalue weighted by molar-refractivity contribution is 5.80. The van der Waals surface area contributed by atoms with Crippen LogP contribution in [0.15, 0.2) is 24.3 Å². The summed E-state index contributed by atoms with van der Waals surface area (Å²) in [6.45, 7) is 4.96. The quantitative estimate of drug-likeness (QED) is 0.909. The lowest BCUT2D eigenvalue weighted by molar-refractivity contribution is -0.138. The molecule has 2 aliphatic heterocycles. The smallest absolute Gasteiger partial charge is 0.228 e. The van der Waals surface area contributed by atoms with Gasteiger partial charge in [0.25, 0.3) is 0 Å². The predicted molar refractivity (Wildman–Crippen MR) is 84.4 cm³/mol. The van der Waals surface area contributed by atoms with Gasteiger partial charge in [0.2, 0.25) is 5.91 Å². The molecule has 2 fully saturated rings. The van der Waals surface area contributed by atoms with Crippen molar-refractivity contribution in [2.24, 2.45) is 5.92 Å². The van der Waals surface area contributed by atoms with E-state index in [0.29, 0.717) is 13.1 Å². The number of rotatable bonds is 5. The average Bonchev–Trinajstić information content (AvgIpc) is 3.15. The first-order valence-electron chi connectivity index (χ1n) is 8.27. The normalized spacial score (nSPS) is 27.9. The molecular weight excluding hydrogens is 278 g/mol. The zero-order valence-electron chi connectivity index (χ0n) is 13.4. The molecule has 0 spiro atoms. The molecular formula is C18H25NO3. The van der Waals surface area contributed by atoms with Gasteiger partial charge in [0.15, 0.2) is 0 Å². The predicted octanol–water partition coefficient (Wildman–Crippen LogP) is 2.44. The summed E-state index contributed by atoms with van der Waals surface area (Å²) in [6.07, 6.45) is 2.68. The highest BCUT2D eigenvalue weighted by atomic mass is 16.5. The molecule has 3 rings (SSSR count). The summed E-state index contributed by atoms with van der Waals surface area (Å²) in [7, 11) is 0. The topological polar surface area (TPSA) is 49.8 Å². The van der Waals surface area contributed by atoms with Crippen molar-refractivity contribution >= 4 is 5.91 Å². The molecule has 0 saturated carbocycles. The van der Waals surface area contributed by atoms with Crippen molar-refractivity contribution < 1.29 is 14.6 Å². The van der Waals surface area contributed by atoms with Gasteiger partial charge in [-0.3, -0.25) is 4.79 Å². The van der Waals surface area contributed by atoms with Crippen LogP contribution in [0.5, 0.6) is 0 Å². The van der Waals surface area contributed by atoms with Crippen LogP contribution in [-0.2, 0) is 9.53 Å². The Morgan fingerprint density at radius 1 is 1.36 bits per heavy atom. The first-order valence-corrected chi connectivity index (χ1v) is 8.27. The Kier molecular flexibility index (Phi) is 4.50. The van der Waals surface area contributed by atoms with Gasteiger partial charge in [-0.15, -0.1) is 0 Å². The first-order chi connectivity index (χ1) is 10.6. The molecule has 2 bridgehead atoms. The van der Waals surface area contributed by atoms with Crippen LogP contribution in [-0.4, -0.2) is 41.2 Å². The van der Waals surface area contributed by atoms with E-state index in [0.717, 1.165) is 24.8 Å². The van der Waals surface area contributed by atoms with Crippen LogP contribution in [0.1, 0.15) is 43.4 Å². The minimum atomic E-state index is -0.635. The molecule has 22 heavy (non-hydrogen) atoms. The van der Waals surface area contributed by atoms with Crippen molar-refractivity contribution in [3.05, 3.63) is 35.4 Å². The fourth-order valence-electron chi connectivity index (χ4n) is 3.61. The maximum Gasteiger partial charge on any atom is 0.228 e. The molecule has 2 heterocycles. The van der Waals surface area contributed by atoms with Gasteiger partial charge in [-0.05, 0) is 38.7 Å². The SMILES string of the molecule is CCN(C[C@@H](O)c1ccc(C)cc1)C(=O)[C@H]1C[C@H]2CC[C@H]1O2. The number of ether oxygens (including phenoxy) is 1. The Labute approximate surface area is 132 Å². The molecule has 0 aliphatic carbocycles. The maximum absolute atomic E-state index is 12.7. The van der Waals surface area contributed by atoms with E-state index in [4.69, 9.17) is 4.74 Å².